The topological polar surface area (TPSA) is 43.4 Å². The maximum absolute atomic E-state index is 5.64. The third-order valence-electron chi connectivity index (χ3n) is 4.01. The zero-order valence-electron chi connectivity index (χ0n) is 12.8. The first kappa shape index (κ1) is 15.2. The van der Waals surface area contributed by atoms with E-state index in [1.54, 1.807) is 4.68 Å². The third kappa shape index (κ3) is 3.75. The molecule has 1 aromatic heterocycles. The molecule has 1 atom stereocenters. The number of nitrogens with zero attached hydrogens (tertiary/aromatic N) is 3. The van der Waals surface area contributed by atoms with Gasteiger partial charge in [0.05, 0.1) is 6.67 Å². The molecule has 0 amide bonds. The molecule has 1 aliphatic rings. The SMILES string of the molecule is CC1CCCCN1Cn1nc(COc2ccccc2)oc1=S. The van der Waals surface area contributed by atoms with E-state index in [1.807, 2.05) is 30.3 Å². The van der Waals surface area contributed by atoms with Gasteiger partial charge in [-0.2, -0.15) is 0 Å². The Morgan fingerprint density at radius 2 is 2.14 bits per heavy atom. The van der Waals surface area contributed by atoms with Gasteiger partial charge in [0, 0.05) is 12.6 Å². The van der Waals surface area contributed by atoms with Crippen LogP contribution in [-0.4, -0.2) is 27.3 Å². The maximum Gasteiger partial charge on any atom is 0.288 e. The molecular formula is C16H21N3O2S. The predicted molar refractivity (Wildman–Crippen MR) is 86.1 cm³/mol. The molecule has 3 rings (SSSR count). The van der Waals surface area contributed by atoms with E-state index in [2.05, 4.69) is 16.9 Å². The zero-order chi connectivity index (χ0) is 15.4. The van der Waals surface area contributed by atoms with Crippen LogP contribution in [0, 0.1) is 4.84 Å². The van der Waals surface area contributed by atoms with Crippen molar-refractivity contribution in [3.8, 4) is 5.75 Å². The van der Waals surface area contributed by atoms with E-state index >= 15 is 0 Å². The molecule has 6 heteroatoms. The number of rotatable bonds is 5. The zero-order valence-corrected chi connectivity index (χ0v) is 13.6. The summed E-state index contributed by atoms with van der Waals surface area (Å²) in [4.78, 5) is 2.80. The van der Waals surface area contributed by atoms with Crippen molar-refractivity contribution in [2.75, 3.05) is 6.54 Å². The Bertz CT molecular complexity index is 653. The lowest BCUT2D eigenvalue weighted by molar-refractivity contribution is 0.113. The van der Waals surface area contributed by atoms with Crippen LogP contribution in [0.5, 0.6) is 5.75 Å². The smallest absolute Gasteiger partial charge is 0.288 e. The molecule has 1 saturated heterocycles. The first-order valence-electron chi connectivity index (χ1n) is 7.71. The average Bonchev–Trinajstić information content (AvgIpc) is 2.89. The lowest BCUT2D eigenvalue weighted by Gasteiger charge is -2.32. The molecule has 1 aromatic carbocycles. The molecule has 0 bridgehead atoms. The summed E-state index contributed by atoms with van der Waals surface area (Å²) in [6.45, 7) is 4.32. The number of piperidine rings is 1. The van der Waals surface area contributed by atoms with Gasteiger partial charge in [0.2, 0.25) is 0 Å². The van der Waals surface area contributed by atoms with Crippen LogP contribution in [0.1, 0.15) is 32.1 Å². The molecule has 2 heterocycles. The number of likely N-dealkylation sites (tertiary alicyclic amines) is 1. The van der Waals surface area contributed by atoms with Crippen molar-refractivity contribution >= 4 is 12.2 Å². The molecule has 0 spiro atoms. The fraction of sp³-hybridized carbons (Fsp3) is 0.500. The number of aromatic nitrogens is 2. The highest BCUT2D eigenvalue weighted by atomic mass is 32.1. The molecule has 22 heavy (non-hydrogen) atoms. The van der Waals surface area contributed by atoms with Crippen LogP contribution in [0.15, 0.2) is 34.7 Å². The standard InChI is InChI=1S/C16H21N3O2S/c1-13-7-5-6-10-18(13)12-19-16(22)21-15(17-19)11-20-14-8-3-2-4-9-14/h2-4,8-9,13H,5-7,10-12H2,1H3. The van der Waals surface area contributed by atoms with Crippen molar-refractivity contribution in [3.63, 3.8) is 0 Å². The van der Waals surface area contributed by atoms with Crippen molar-refractivity contribution in [2.45, 2.75) is 45.5 Å². The van der Waals surface area contributed by atoms with Gasteiger partial charge in [-0.25, -0.2) is 4.68 Å². The number of para-hydroxylation sites is 1. The van der Waals surface area contributed by atoms with Crippen molar-refractivity contribution in [3.05, 3.63) is 41.1 Å². The number of hydrogen-bond donors (Lipinski definition) is 0. The van der Waals surface area contributed by atoms with Crippen molar-refractivity contribution < 1.29 is 9.15 Å². The van der Waals surface area contributed by atoms with Gasteiger partial charge in [-0.05, 0) is 44.1 Å². The normalized spacial score (nSPS) is 19.2. The number of benzene rings is 1. The molecule has 0 aliphatic carbocycles. The Morgan fingerprint density at radius 3 is 2.91 bits per heavy atom. The van der Waals surface area contributed by atoms with Gasteiger partial charge in [0.25, 0.3) is 10.7 Å². The minimum absolute atomic E-state index is 0.288. The first-order valence-corrected chi connectivity index (χ1v) is 8.12. The Balaban J connectivity index is 1.62. The Kier molecular flexibility index (Phi) is 4.90. The van der Waals surface area contributed by atoms with Gasteiger partial charge in [-0.3, -0.25) is 4.90 Å². The van der Waals surface area contributed by atoms with Crippen LogP contribution in [0.3, 0.4) is 0 Å². The lowest BCUT2D eigenvalue weighted by atomic mass is 10.0. The second-order valence-electron chi connectivity index (χ2n) is 5.66. The fourth-order valence-electron chi connectivity index (χ4n) is 2.70. The summed E-state index contributed by atoms with van der Waals surface area (Å²) >= 11 is 5.26. The van der Waals surface area contributed by atoms with Crippen LogP contribution in [0.2, 0.25) is 0 Å². The Hall–Kier alpha value is -1.66. The van der Waals surface area contributed by atoms with Crippen molar-refractivity contribution in [2.24, 2.45) is 0 Å². The Morgan fingerprint density at radius 1 is 1.32 bits per heavy atom. The van der Waals surface area contributed by atoms with Crippen LogP contribution in [0.4, 0.5) is 0 Å². The van der Waals surface area contributed by atoms with Gasteiger partial charge in [-0.1, -0.05) is 24.6 Å². The monoisotopic (exact) mass is 319 g/mol. The summed E-state index contributed by atoms with van der Waals surface area (Å²) in [7, 11) is 0. The van der Waals surface area contributed by atoms with Crippen LogP contribution in [0.25, 0.3) is 0 Å². The second-order valence-corrected chi connectivity index (χ2v) is 6.01. The molecule has 1 aliphatic heterocycles. The average molecular weight is 319 g/mol. The highest BCUT2D eigenvalue weighted by Gasteiger charge is 2.19. The summed E-state index contributed by atoms with van der Waals surface area (Å²) in [6.07, 6.45) is 3.77. The van der Waals surface area contributed by atoms with E-state index in [-0.39, 0.29) is 6.61 Å². The van der Waals surface area contributed by atoms with Crippen molar-refractivity contribution in [1.29, 1.82) is 0 Å². The fourth-order valence-corrected chi connectivity index (χ4v) is 2.89. The third-order valence-corrected chi connectivity index (χ3v) is 4.30. The maximum atomic E-state index is 5.64. The summed E-state index contributed by atoms with van der Waals surface area (Å²) in [5, 5.41) is 4.43. The molecule has 0 radical (unpaired) electrons. The first-order chi connectivity index (χ1) is 10.7. The molecule has 0 N–H and O–H groups in total. The van der Waals surface area contributed by atoms with E-state index in [9.17, 15) is 0 Å². The molecule has 1 unspecified atom stereocenters. The van der Waals surface area contributed by atoms with Gasteiger partial charge in [0.1, 0.15) is 5.75 Å². The summed E-state index contributed by atoms with van der Waals surface area (Å²) in [6, 6.07) is 10.2. The van der Waals surface area contributed by atoms with Crippen LogP contribution in [-0.2, 0) is 13.3 Å². The van der Waals surface area contributed by atoms with Gasteiger partial charge >= 0.3 is 0 Å². The molecule has 118 valence electrons. The van der Waals surface area contributed by atoms with E-state index < -0.39 is 0 Å². The molecule has 2 aromatic rings. The quantitative estimate of drug-likeness (QED) is 0.788. The minimum atomic E-state index is 0.288. The minimum Gasteiger partial charge on any atom is -0.484 e. The summed E-state index contributed by atoms with van der Waals surface area (Å²) in [5.41, 5.74) is 0. The second kappa shape index (κ2) is 7.07. The number of ether oxygens (including phenoxy) is 1. The lowest BCUT2D eigenvalue weighted by Crippen LogP contribution is -2.38. The van der Waals surface area contributed by atoms with Gasteiger partial charge < -0.3 is 9.15 Å². The number of hydrogen-bond acceptors (Lipinski definition) is 5. The van der Waals surface area contributed by atoms with Gasteiger partial charge in [0.15, 0.2) is 6.61 Å². The largest absolute Gasteiger partial charge is 0.484 e. The molecule has 0 saturated carbocycles. The highest BCUT2D eigenvalue weighted by Crippen LogP contribution is 2.17. The highest BCUT2D eigenvalue weighted by molar-refractivity contribution is 7.71. The predicted octanol–water partition coefficient (Wildman–Crippen LogP) is 3.62. The van der Waals surface area contributed by atoms with Crippen LogP contribution >= 0.6 is 12.2 Å². The summed E-state index contributed by atoms with van der Waals surface area (Å²) in [5.74, 6) is 1.31. The van der Waals surface area contributed by atoms with E-state index in [0.717, 1.165) is 12.3 Å². The van der Waals surface area contributed by atoms with Crippen LogP contribution < -0.4 is 4.74 Å². The van der Waals surface area contributed by atoms with E-state index in [1.165, 1.54) is 19.3 Å². The molecule has 5 nitrogen and oxygen atoms in total. The Labute approximate surface area is 135 Å². The van der Waals surface area contributed by atoms with Crippen molar-refractivity contribution in [1.82, 2.24) is 14.7 Å². The summed E-state index contributed by atoms with van der Waals surface area (Å²) < 4.78 is 12.9. The van der Waals surface area contributed by atoms with E-state index in [0.29, 0.717) is 23.4 Å². The molecule has 1 fully saturated rings. The van der Waals surface area contributed by atoms with Gasteiger partial charge in [-0.15, -0.1) is 5.10 Å². The van der Waals surface area contributed by atoms with E-state index in [4.69, 9.17) is 21.4 Å². The molecular weight excluding hydrogens is 298 g/mol.